The number of hydrogen-bond donors (Lipinski definition) is 1. The Hall–Kier alpha value is -2.01. The van der Waals surface area contributed by atoms with Crippen LogP contribution in [0.5, 0.6) is 0 Å². The molecule has 1 aliphatic heterocycles. The summed E-state index contributed by atoms with van der Waals surface area (Å²) in [7, 11) is 0. The Morgan fingerprint density at radius 1 is 1.14 bits per heavy atom. The fraction of sp³-hybridized carbons (Fsp3) is 0.412. The van der Waals surface area contributed by atoms with Gasteiger partial charge in [0.25, 0.3) is 0 Å². The zero-order chi connectivity index (χ0) is 15.6. The number of aromatic nitrogens is 2. The van der Waals surface area contributed by atoms with Crippen LogP contribution in [0.3, 0.4) is 0 Å². The smallest absolute Gasteiger partial charge is 0.151 e. The molecule has 0 spiro atoms. The molecular formula is C17H20FN3O. The lowest BCUT2D eigenvalue weighted by molar-refractivity contribution is 0.0156. The number of halogens is 1. The van der Waals surface area contributed by atoms with E-state index >= 15 is 0 Å². The van der Waals surface area contributed by atoms with Crippen molar-refractivity contribution in [2.24, 2.45) is 0 Å². The molecule has 4 nitrogen and oxygen atoms in total. The molecular weight excluding hydrogens is 281 g/mol. The van der Waals surface area contributed by atoms with Crippen LogP contribution in [0.4, 0.5) is 10.2 Å². The van der Waals surface area contributed by atoms with Gasteiger partial charge in [-0.25, -0.2) is 4.39 Å². The Labute approximate surface area is 129 Å². The van der Waals surface area contributed by atoms with E-state index in [0.717, 1.165) is 11.5 Å². The van der Waals surface area contributed by atoms with E-state index in [1.165, 1.54) is 6.07 Å². The molecule has 116 valence electrons. The highest BCUT2D eigenvalue weighted by molar-refractivity contribution is 5.38. The first kappa shape index (κ1) is 14.9. The Morgan fingerprint density at radius 2 is 1.86 bits per heavy atom. The van der Waals surface area contributed by atoms with Crippen LogP contribution >= 0.6 is 0 Å². The Bertz CT molecular complexity index is 637. The van der Waals surface area contributed by atoms with Crippen LogP contribution < -0.4 is 4.90 Å². The van der Waals surface area contributed by atoms with E-state index in [0.29, 0.717) is 37.9 Å². The summed E-state index contributed by atoms with van der Waals surface area (Å²) >= 11 is 0. The van der Waals surface area contributed by atoms with Crippen LogP contribution in [0.25, 0.3) is 0 Å². The molecule has 0 bridgehead atoms. The summed E-state index contributed by atoms with van der Waals surface area (Å²) in [6, 6.07) is 10.5. The monoisotopic (exact) mass is 301 g/mol. The lowest BCUT2D eigenvalue weighted by atomic mass is 9.85. The second-order valence-electron chi connectivity index (χ2n) is 6.01. The standard InChI is InChI=1S/C17H20FN3O/c1-13-6-7-16(20-19-13)21-10-8-17(22,9-11-21)12-14-4-2-3-5-15(14)18/h2-7,22H,8-12H2,1H3. The van der Waals surface area contributed by atoms with Crippen LogP contribution in [-0.2, 0) is 6.42 Å². The summed E-state index contributed by atoms with van der Waals surface area (Å²) in [4.78, 5) is 2.11. The molecule has 0 aliphatic carbocycles. The summed E-state index contributed by atoms with van der Waals surface area (Å²) in [6.07, 6.45) is 1.54. The number of hydrogen-bond acceptors (Lipinski definition) is 4. The number of aryl methyl sites for hydroxylation is 1. The van der Waals surface area contributed by atoms with Gasteiger partial charge in [0, 0.05) is 19.5 Å². The van der Waals surface area contributed by atoms with E-state index in [1.54, 1.807) is 18.2 Å². The van der Waals surface area contributed by atoms with Crippen molar-refractivity contribution < 1.29 is 9.50 Å². The second kappa shape index (κ2) is 6.01. The minimum absolute atomic E-state index is 0.247. The van der Waals surface area contributed by atoms with Crippen molar-refractivity contribution in [2.45, 2.75) is 31.8 Å². The molecule has 1 aromatic heterocycles. The lowest BCUT2D eigenvalue weighted by Crippen LogP contribution is -2.46. The first-order chi connectivity index (χ1) is 10.6. The molecule has 1 fully saturated rings. The first-order valence-corrected chi connectivity index (χ1v) is 7.57. The maximum atomic E-state index is 13.8. The van der Waals surface area contributed by atoms with E-state index in [1.807, 2.05) is 19.1 Å². The van der Waals surface area contributed by atoms with Crippen molar-refractivity contribution in [3.63, 3.8) is 0 Å². The fourth-order valence-corrected chi connectivity index (χ4v) is 2.89. The lowest BCUT2D eigenvalue weighted by Gasteiger charge is -2.38. The van der Waals surface area contributed by atoms with Crippen LogP contribution in [0.15, 0.2) is 36.4 Å². The highest BCUT2D eigenvalue weighted by Gasteiger charge is 2.33. The molecule has 2 heterocycles. The molecule has 0 unspecified atom stereocenters. The van der Waals surface area contributed by atoms with Crippen molar-refractivity contribution in [3.8, 4) is 0 Å². The number of anilines is 1. The third-order valence-corrected chi connectivity index (χ3v) is 4.28. The van der Waals surface area contributed by atoms with Crippen LogP contribution in [-0.4, -0.2) is 34.0 Å². The zero-order valence-electron chi connectivity index (χ0n) is 12.7. The minimum Gasteiger partial charge on any atom is -0.389 e. The fourth-order valence-electron chi connectivity index (χ4n) is 2.89. The molecule has 1 aromatic carbocycles. The van der Waals surface area contributed by atoms with Gasteiger partial charge in [0.15, 0.2) is 5.82 Å². The van der Waals surface area contributed by atoms with Crippen molar-refractivity contribution in [3.05, 3.63) is 53.5 Å². The van der Waals surface area contributed by atoms with Gasteiger partial charge in [-0.2, -0.15) is 5.10 Å². The van der Waals surface area contributed by atoms with Gasteiger partial charge in [-0.3, -0.25) is 0 Å². The average molecular weight is 301 g/mol. The molecule has 22 heavy (non-hydrogen) atoms. The van der Waals surface area contributed by atoms with Gasteiger partial charge in [-0.1, -0.05) is 18.2 Å². The molecule has 2 aromatic rings. The predicted octanol–water partition coefficient (Wildman–Crippen LogP) is 2.50. The van der Waals surface area contributed by atoms with Crippen LogP contribution in [0, 0.1) is 12.7 Å². The van der Waals surface area contributed by atoms with Crippen molar-refractivity contribution in [2.75, 3.05) is 18.0 Å². The third-order valence-electron chi connectivity index (χ3n) is 4.28. The SMILES string of the molecule is Cc1ccc(N2CCC(O)(Cc3ccccc3F)CC2)nn1. The molecule has 5 heteroatoms. The summed E-state index contributed by atoms with van der Waals surface area (Å²) in [5.41, 5.74) is 0.613. The number of rotatable bonds is 3. The third kappa shape index (κ3) is 3.25. The number of benzene rings is 1. The quantitative estimate of drug-likeness (QED) is 0.946. The van der Waals surface area contributed by atoms with Gasteiger partial charge in [0.2, 0.25) is 0 Å². The summed E-state index contributed by atoms with van der Waals surface area (Å²) in [5, 5.41) is 19.0. The van der Waals surface area contributed by atoms with E-state index in [4.69, 9.17) is 0 Å². The van der Waals surface area contributed by atoms with Crippen molar-refractivity contribution in [1.82, 2.24) is 10.2 Å². The minimum atomic E-state index is -0.850. The topological polar surface area (TPSA) is 49.2 Å². The molecule has 0 atom stereocenters. The van der Waals surface area contributed by atoms with Gasteiger partial charge in [0.1, 0.15) is 5.82 Å². The Balaban J connectivity index is 1.65. The first-order valence-electron chi connectivity index (χ1n) is 7.57. The maximum absolute atomic E-state index is 13.8. The van der Waals surface area contributed by atoms with Crippen LogP contribution in [0.2, 0.25) is 0 Å². The van der Waals surface area contributed by atoms with Crippen LogP contribution in [0.1, 0.15) is 24.1 Å². The molecule has 1 aliphatic rings. The summed E-state index contributed by atoms with van der Waals surface area (Å²) in [6.45, 7) is 3.30. The summed E-state index contributed by atoms with van der Waals surface area (Å²) in [5.74, 6) is 0.585. The Morgan fingerprint density at radius 3 is 2.50 bits per heavy atom. The second-order valence-corrected chi connectivity index (χ2v) is 6.01. The maximum Gasteiger partial charge on any atom is 0.151 e. The van der Waals surface area contributed by atoms with Gasteiger partial charge >= 0.3 is 0 Å². The van der Waals surface area contributed by atoms with E-state index in [-0.39, 0.29) is 5.82 Å². The van der Waals surface area contributed by atoms with Gasteiger partial charge in [-0.05, 0) is 43.5 Å². The number of aliphatic hydroxyl groups is 1. The zero-order valence-corrected chi connectivity index (χ0v) is 12.7. The number of nitrogens with zero attached hydrogens (tertiary/aromatic N) is 3. The molecule has 1 saturated heterocycles. The highest BCUT2D eigenvalue weighted by Crippen LogP contribution is 2.29. The van der Waals surface area contributed by atoms with Gasteiger partial charge in [0.05, 0.1) is 11.3 Å². The highest BCUT2D eigenvalue weighted by atomic mass is 19.1. The molecule has 1 N–H and O–H groups in total. The molecule has 0 saturated carbocycles. The van der Waals surface area contributed by atoms with E-state index in [9.17, 15) is 9.50 Å². The van der Waals surface area contributed by atoms with Gasteiger partial charge in [-0.15, -0.1) is 5.10 Å². The van der Waals surface area contributed by atoms with Gasteiger partial charge < -0.3 is 10.0 Å². The van der Waals surface area contributed by atoms with E-state index in [2.05, 4.69) is 15.1 Å². The Kier molecular flexibility index (Phi) is 4.07. The average Bonchev–Trinajstić information content (AvgIpc) is 2.51. The van der Waals surface area contributed by atoms with Crippen molar-refractivity contribution in [1.29, 1.82) is 0 Å². The van der Waals surface area contributed by atoms with Crippen molar-refractivity contribution >= 4 is 5.82 Å². The summed E-state index contributed by atoms with van der Waals surface area (Å²) < 4.78 is 13.8. The largest absolute Gasteiger partial charge is 0.389 e. The molecule has 0 amide bonds. The number of piperidine rings is 1. The van der Waals surface area contributed by atoms with E-state index < -0.39 is 5.60 Å². The normalized spacial score (nSPS) is 17.5. The molecule has 3 rings (SSSR count). The predicted molar refractivity (Wildman–Crippen MR) is 83.3 cm³/mol. The molecule has 0 radical (unpaired) electrons.